The number of esters is 1. The molecular weight excluding hydrogens is 517 g/mol. The molecule has 0 fully saturated rings. The lowest BCUT2D eigenvalue weighted by Crippen LogP contribution is -2.42. The van der Waals surface area contributed by atoms with E-state index in [1.54, 1.807) is 13.0 Å². The molecule has 1 aliphatic carbocycles. The summed E-state index contributed by atoms with van der Waals surface area (Å²) in [5, 5.41) is 24.4. The summed E-state index contributed by atoms with van der Waals surface area (Å²) in [6.45, 7) is 2.92. The highest BCUT2D eigenvalue weighted by molar-refractivity contribution is 5.97. The van der Waals surface area contributed by atoms with Crippen LogP contribution < -0.4 is 10.9 Å². The van der Waals surface area contributed by atoms with E-state index in [2.05, 4.69) is 5.32 Å². The van der Waals surface area contributed by atoms with Gasteiger partial charge in [-0.25, -0.2) is 14.2 Å². The Hall–Kier alpha value is -4.57. The van der Waals surface area contributed by atoms with Crippen LogP contribution in [0.15, 0.2) is 41.2 Å². The quantitative estimate of drug-likeness (QED) is 0.293. The average molecular weight is 542 g/mol. The molecule has 2 aromatic heterocycles. The fourth-order valence-electron chi connectivity index (χ4n) is 6.31. The minimum Gasteiger partial charge on any atom is -0.508 e. The van der Waals surface area contributed by atoms with Crippen LogP contribution >= 0.6 is 0 Å². The molecule has 202 valence electrons. The van der Waals surface area contributed by atoms with Gasteiger partial charge in [0.15, 0.2) is 5.60 Å². The number of cyclic esters (lactones) is 1. The third-order valence-corrected chi connectivity index (χ3v) is 8.44. The smallest absolute Gasteiger partial charge is 0.342 e. The van der Waals surface area contributed by atoms with Gasteiger partial charge in [0.1, 0.15) is 18.2 Å². The number of phenols is 1. The average Bonchev–Trinajstić information content (AvgIpc) is 3.29. The number of benzene rings is 2. The zero-order valence-corrected chi connectivity index (χ0v) is 21.7. The first-order valence-corrected chi connectivity index (χ1v) is 13.0. The molecule has 4 heterocycles. The molecular formula is C30H24FN3O6. The predicted molar refractivity (Wildman–Crippen MR) is 141 cm³/mol. The van der Waals surface area contributed by atoms with E-state index in [9.17, 15) is 24.6 Å². The van der Waals surface area contributed by atoms with E-state index in [0.29, 0.717) is 40.9 Å². The zero-order valence-electron chi connectivity index (χ0n) is 21.7. The van der Waals surface area contributed by atoms with Crippen molar-refractivity contribution < 1.29 is 28.9 Å². The third kappa shape index (κ3) is 3.29. The van der Waals surface area contributed by atoms with E-state index in [0.717, 1.165) is 22.1 Å². The number of halogens is 1. The second kappa shape index (κ2) is 8.22. The molecule has 0 saturated heterocycles. The lowest BCUT2D eigenvalue weighted by atomic mass is 9.81. The second-order valence-corrected chi connectivity index (χ2v) is 10.8. The lowest BCUT2D eigenvalue weighted by molar-refractivity contribution is -0.169. The summed E-state index contributed by atoms with van der Waals surface area (Å²) in [6, 6.07) is 8.44. The maximum absolute atomic E-state index is 15.0. The van der Waals surface area contributed by atoms with Gasteiger partial charge in [0, 0.05) is 28.1 Å². The number of fused-ring (bicyclic) bond motifs is 5. The van der Waals surface area contributed by atoms with E-state index in [1.165, 1.54) is 41.8 Å². The van der Waals surface area contributed by atoms with Crippen LogP contribution in [-0.2, 0) is 34.7 Å². The molecule has 7 rings (SSSR count). The fourth-order valence-corrected chi connectivity index (χ4v) is 6.31. The minimum atomic E-state index is -2.01. The molecule has 2 atom stereocenters. The van der Waals surface area contributed by atoms with Crippen molar-refractivity contribution >= 4 is 22.8 Å². The Balaban J connectivity index is 1.45. The van der Waals surface area contributed by atoms with E-state index < -0.39 is 23.2 Å². The molecule has 3 aliphatic rings. The number of aromatic nitrogens is 2. The van der Waals surface area contributed by atoms with E-state index in [4.69, 9.17) is 9.72 Å². The van der Waals surface area contributed by atoms with Gasteiger partial charge < -0.3 is 24.8 Å². The third-order valence-electron chi connectivity index (χ3n) is 8.44. The fraction of sp³-hybridized carbons (Fsp3) is 0.267. The number of pyridine rings is 2. The number of phenolic OH excluding ortho intramolecular Hbond substituents is 1. The molecule has 0 spiro atoms. The number of nitrogens with one attached hydrogen (secondary N) is 1. The van der Waals surface area contributed by atoms with Crippen LogP contribution in [0.1, 0.15) is 63.1 Å². The Morgan fingerprint density at radius 1 is 1.18 bits per heavy atom. The maximum atomic E-state index is 15.0. The van der Waals surface area contributed by atoms with Crippen LogP contribution in [0, 0.1) is 12.7 Å². The molecule has 3 N–H and O–H groups in total. The first-order chi connectivity index (χ1) is 19.1. The number of carbonyl (C=O) groups is 2. The molecule has 0 saturated carbocycles. The van der Waals surface area contributed by atoms with Gasteiger partial charge in [-0.3, -0.25) is 9.59 Å². The number of amides is 1. The molecule has 9 nitrogen and oxygen atoms in total. The number of hydrogen-bond acceptors (Lipinski definition) is 7. The maximum Gasteiger partial charge on any atom is 0.342 e. The topological polar surface area (TPSA) is 131 Å². The summed E-state index contributed by atoms with van der Waals surface area (Å²) in [5.41, 5.74) is 2.41. The van der Waals surface area contributed by atoms with Crippen LogP contribution in [0.3, 0.4) is 0 Å². The van der Waals surface area contributed by atoms with E-state index in [-0.39, 0.29) is 41.8 Å². The van der Waals surface area contributed by atoms with Gasteiger partial charge in [-0.15, -0.1) is 0 Å². The molecule has 2 aliphatic heterocycles. The molecule has 0 unspecified atom stereocenters. The summed E-state index contributed by atoms with van der Waals surface area (Å²) in [6.07, 6.45) is 1.03. The molecule has 10 heteroatoms. The van der Waals surface area contributed by atoms with Crippen molar-refractivity contribution in [3.05, 3.63) is 91.5 Å². The summed E-state index contributed by atoms with van der Waals surface area (Å²) < 4.78 is 21.6. The molecule has 4 aromatic rings. The highest BCUT2D eigenvalue weighted by Crippen LogP contribution is 2.45. The van der Waals surface area contributed by atoms with Crippen LogP contribution in [-0.4, -0.2) is 31.6 Å². The van der Waals surface area contributed by atoms with E-state index in [1.807, 2.05) is 0 Å². The first-order valence-electron chi connectivity index (χ1n) is 13.0. The van der Waals surface area contributed by atoms with Gasteiger partial charge in [-0.1, -0.05) is 0 Å². The van der Waals surface area contributed by atoms with Gasteiger partial charge in [0.05, 0.1) is 35.1 Å². The predicted octanol–water partition coefficient (Wildman–Crippen LogP) is 3.26. The Morgan fingerprint density at radius 3 is 2.67 bits per heavy atom. The van der Waals surface area contributed by atoms with Crippen molar-refractivity contribution in [2.24, 2.45) is 0 Å². The minimum absolute atomic E-state index is 0.0475. The molecule has 40 heavy (non-hydrogen) atoms. The molecule has 2 aromatic carbocycles. The Morgan fingerprint density at radius 2 is 1.93 bits per heavy atom. The van der Waals surface area contributed by atoms with Crippen LogP contribution in [0.4, 0.5) is 4.39 Å². The largest absolute Gasteiger partial charge is 0.508 e. The highest BCUT2D eigenvalue weighted by atomic mass is 19.1. The van der Waals surface area contributed by atoms with Crippen molar-refractivity contribution in [3.63, 3.8) is 0 Å². The number of carbonyl (C=O) groups excluding carboxylic acids is 2. The number of nitrogens with zero attached hydrogens (tertiary/aromatic N) is 2. The second-order valence-electron chi connectivity index (χ2n) is 10.8. The molecule has 0 radical (unpaired) electrons. The van der Waals surface area contributed by atoms with Crippen molar-refractivity contribution in [2.75, 3.05) is 0 Å². The number of aryl methyl sites for hydroxylation is 1. The standard InChI is InChI=1S/C30H24FN3O6/c1-13-16-7-8-21(33-27(36)14-3-5-15(35)6-4-14)25-17-11-34-23(26(17)32-22(24(16)25)10-20(13)31)9-19-18(28(34)37)12-40-29(38)30(19,2)39/h3-6,9-10,21,35,39H,7-8,11-12H2,1-2H3,(H,33,36)/t21-,30-/m0/s1. The number of aromatic hydroxyl groups is 1. The van der Waals surface area contributed by atoms with Crippen LogP contribution in [0.25, 0.3) is 22.3 Å². The van der Waals surface area contributed by atoms with Gasteiger partial charge in [-0.05, 0) is 73.7 Å². The number of hydrogen-bond donors (Lipinski definition) is 3. The highest BCUT2D eigenvalue weighted by Gasteiger charge is 2.43. The van der Waals surface area contributed by atoms with Gasteiger partial charge in [0.2, 0.25) is 0 Å². The Labute approximate surface area is 226 Å². The van der Waals surface area contributed by atoms with Crippen molar-refractivity contribution in [1.29, 1.82) is 0 Å². The number of aliphatic hydroxyl groups is 1. The van der Waals surface area contributed by atoms with E-state index >= 15 is 4.39 Å². The SMILES string of the molecule is Cc1c(F)cc2nc3c(c4c2c1CC[C@@H]4NC(=O)c1ccc(O)cc1)Cn1c-3cc2c(c1=O)COC(=O)[C@@]2(C)O. The Kier molecular flexibility index (Phi) is 5.03. The Bertz CT molecular complexity index is 1880. The first kappa shape index (κ1) is 24.5. The number of rotatable bonds is 2. The van der Waals surface area contributed by atoms with Gasteiger partial charge >= 0.3 is 5.97 Å². The van der Waals surface area contributed by atoms with Gasteiger partial charge in [0.25, 0.3) is 11.5 Å². The summed E-state index contributed by atoms with van der Waals surface area (Å²) in [7, 11) is 0. The summed E-state index contributed by atoms with van der Waals surface area (Å²) in [5.74, 6) is -1.52. The normalized spacial score (nSPS) is 20.5. The zero-order chi connectivity index (χ0) is 28.1. The van der Waals surface area contributed by atoms with Crippen molar-refractivity contribution in [2.45, 2.75) is 51.5 Å². The summed E-state index contributed by atoms with van der Waals surface area (Å²) >= 11 is 0. The van der Waals surface area contributed by atoms with Crippen LogP contribution in [0.5, 0.6) is 5.75 Å². The van der Waals surface area contributed by atoms with Crippen molar-refractivity contribution in [1.82, 2.24) is 14.9 Å². The van der Waals surface area contributed by atoms with Crippen LogP contribution in [0.2, 0.25) is 0 Å². The monoisotopic (exact) mass is 541 g/mol. The lowest BCUT2D eigenvalue weighted by Gasteiger charge is -2.30. The van der Waals surface area contributed by atoms with Gasteiger partial charge in [-0.2, -0.15) is 0 Å². The van der Waals surface area contributed by atoms with Crippen molar-refractivity contribution in [3.8, 4) is 17.1 Å². The number of ether oxygens (including phenoxy) is 1. The summed E-state index contributed by atoms with van der Waals surface area (Å²) in [4.78, 5) is 43.9. The molecule has 0 bridgehead atoms. The molecule has 1 amide bonds.